The third-order valence-electron chi connectivity index (χ3n) is 4.87. The van der Waals surface area contributed by atoms with E-state index in [1.54, 1.807) is 47.4 Å². The Morgan fingerprint density at radius 1 is 0.929 bits per heavy atom. The lowest BCUT2D eigenvalue weighted by atomic mass is 10.2. The molecule has 0 radical (unpaired) electrons. The molecule has 0 saturated carbocycles. The number of piperazine rings is 1. The summed E-state index contributed by atoms with van der Waals surface area (Å²) in [7, 11) is 1.62. The van der Waals surface area contributed by atoms with Crippen molar-refractivity contribution in [2.45, 2.75) is 0 Å². The Bertz CT molecular complexity index is 952. The molecule has 0 bridgehead atoms. The van der Waals surface area contributed by atoms with Crippen LogP contribution in [-0.4, -0.2) is 59.9 Å². The van der Waals surface area contributed by atoms with Gasteiger partial charge in [0.25, 0.3) is 11.8 Å². The summed E-state index contributed by atoms with van der Waals surface area (Å²) in [5.41, 5.74) is 1.44. The molecule has 2 aromatic heterocycles. The number of rotatable bonds is 4. The fourth-order valence-corrected chi connectivity index (χ4v) is 3.27. The van der Waals surface area contributed by atoms with Gasteiger partial charge in [-0.25, -0.2) is 0 Å². The van der Waals surface area contributed by atoms with Crippen LogP contribution in [0.5, 0.6) is 5.75 Å². The highest BCUT2D eigenvalue weighted by Gasteiger charge is 2.27. The molecule has 1 aliphatic heterocycles. The molecule has 1 N–H and O–H groups in total. The molecule has 1 saturated heterocycles. The molecule has 7 heteroatoms. The first-order chi connectivity index (χ1) is 13.7. The molecule has 0 atom stereocenters. The third-order valence-corrected chi connectivity index (χ3v) is 4.87. The van der Waals surface area contributed by atoms with Crippen molar-refractivity contribution in [3.63, 3.8) is 0 Å². The molecule has 144 valence electrons. The summed E-state index contributed by atoms with van der Waals surface area (Å²) < 4.78 is 10.9. The van der Waals surface area contributed by atoms with Gasteiger partial charge in [-0.2, -0.15) is 0 Å². The Balaban J connectivity index is 1.39. The molecule has 28 heavy (non-hydrogen) atoms. The van der Waals surface area contributed by atoms with Crippen LogP contribution in [-0.2, 0) is 0 Å². The summed E-state index contributed by atoms with van der Waals surface area (Å²) >= 11 is 0. The first kappa shape index (κ1) is 17.9. The SMILES string of the molecule is COc1ccc(-c2ccc(C(=O)N3CCN(C(=O)c4ccc[nH]4)CC3)o2)cc1. The number of methoxy groups -OCH3 is 1. The quantitative estimate of drug-likeness (QED) is 0.756. The number of H-pyrrole nitrogens is 1. The highest BCUT2D eigenvalue weighted by atomic mass is 16.5. The molecular formula is C21H21N3O4. The Hall–Kier alpha value is -3.48. The first-order valence-corrected chi connectivity index (χ1v) is 9.12. The lowest BCUT2D eigenvalue weighted by molar-refractivity contribution is 0.0516. The number of aromatic amines is 1. The van der Waals surface area contributed by atoms with Gasteiger partial charge in [0.15, 0.2) is 5.76 Å². The van der Waals surface area contributed by atoms with Crippen LogP contribution in [0.1, 0.15) is 21.0 Å². The van der Waals surface area contributed by atoms with Gasteiger partial charge >= 0.3 is 0 Å². The predicted octanol–water partition coefficient (Wildman–Crippen LogP) is 2.88. The van der Waals surface area contributed by atoms with Gasteiger partial charge in [0.1, 0.15) is 17.2 Å². The van der Waals surface area contributed by atoms with Gasteiger partial charge in [-0.3, -0.25) is 9.59 Å². The van der Waals surface area contributed by atoms with E-state index in [4.69, 9.17) is 9.15 Å². The van der Waals surface area contributed by atoms with Gasteiger partial charge in [-0.15, -0.1) is 0 Å². The largest absolute Gasteiger partial charge is 0.497 e. The van der Waals surface area contributed by atoms with E-state index < -0.39 is 0 Å². The number of benzene rings is 1. The smallest absolute Gasteiger partial charge is 0.289 e. The minimum absolute atomic E-state index is 0.0445. The molecule has 3 heterocycles. The number of carbonyl (C=O) groups is 2. The number of amides is 2. The maximum absolute atomic E-state index is 12.8. The van der Waals surface area contributed by atoms with Crippen LogP contribution >= 0.6 is 0 Å². The third kappa shape index (κ3) is 3.51. The van der Waals surface area contributed by atoms with E-state index >= 15 is 0 Å². The normalized spacial score (nSPS) is 14.2. The number of aromatic nitrogens is 1. The fourth-order valence-electron chi connectivity index (χ4n) is 3.27. The lowest BCUT2D eigenvalue weighted by Gasteiger charge is -2.34. The van der Waals surface area contributed by atoms with Gasteiger partial charge in [0.2, 0.25) is 0 Å². The van der Waals surface area contributed by atoms with E-state index in [9.17, 15) is 9.59 Å². The van der Waals surface area contributed by atoms with E-state index in [-0.39, 0.29) is 11.8 Å². The number of hydrogen-bond donors (Lipinski definition) is 1. The topological polar surface area (TPSA) is 78.8 Å². The standard InChI is InChI=1S/C21H21N3O4/c1-27-16-6-4-15(5-7-16)18-8-9-19(28-18)21(26)24-13-11-23(12-14-24)20(25)17-3-2-10-22-17/h2-10,22H,11-14H2,1H3. The van der Waals surface area contributed by atoms with Crippen LogP contribution in [0, 0.1) is 0 Å². The van der Waals surface area contributed by atoms with Gasteiger partial charge in [0, 0.05) is 37.9 Å². The predicted molar refractivity (Wildman–Crippen MR) is 103 cm³/mol. The molecule has 1 fully saturated rings. The molecule has 1 aromatic carbocycles. The number of carbonyl (C=O) groups excluding carboxylic acids is 2. The summed E-state index contributed by atoms with van der Waals surface area (Å²) in [5, 5.41) is 0. The Morgan fingerprint density at radius 2 is 1.61 bits per heavy atom. The van der Waals surface area contributed by atoms with E-state index in [0.29, 0.717) is 43.4 Å². The first-order valence-electron chi connectivity index (χ1n) is 9.12. The Morgan fingerprint density at radius 3 is 2.21 bits per heavy atom. The van der Waals surface area contributed by atoms with Crippen molar-refractivity contribution in [2.24, 2.45) is 0 Å². The molecule has 4 rings (SSSR count). The van der Waals surface area contributed by atoms with Crippen LogP contribution < -0.4 is 4.74 Å². The Kier molecular flexibility index (Phi) is 4.89. The number of furan rings is 1. The molecule has 0 spiro atoms. The van der Waals surface area contributed by atoms with Crippen LogP contribution in [0.4, 0.5) is 0 Å². The monoisotopic (exact) mass is 379 g/mol. The van der Waals surface area contributed by atoms with Crippen LogP contribution in [0.15, 0.2) is 59.1 Å². The Labute approximate surface area is 162 Å². The average Bonchev–Trinajstić information content (AvgIpc) is 3.45. The molecular weight excluding hydrogens is 358 g/mol. The summed E-state index contributed by atoms with van der Waals surface area (Å²) in [6, 6.07) is 14.5. The van der Waals surface area contributed by atoms with Gasteiger partial charge < -0.3 is 23.9 Å². The maximum atomic E-state index is 12.8. The summed E-state index contributed by atoms with van der Waals surface area (Å²) in [6.07, 6.45) is 1.73. The summed E-state index contributed by atoms with van der Waals surface area (Å²) in [4.78, 5) is 31.5. The summed E-state index contributed by atoms with van der Waals surface area (Å²) in [5.74, 6) is 1.49. The zero-order chi connectivity index (χ0) is 19.5. The van der Waals surface area contributed by atoms with Crippen molar-refractivity contribution in [2.75, 3.05) is 33.3 Å². The second-order valence-corrected chi connectivity index (χ2v) is 6.56. The van der Waals surface area contributed by atoms with E-state index in [1.807, 2.05) is 24.3 Å². The van der Waals surface area contributed by atoms with Gasteiger partial charge in [0.05, 0.1) is 7.11 Å². The zero-order valence-electron chi connectivity index (χ0n) is 15.6. The second kappa shape index (κ2) is 7.64. The minimum Gasteiger partial charge on any atom is -0.497 e. The number of nitrogens with one attached hydrogen (secondary N) is 1. The summed E-state index contributed by atoms with van der Waals surface area (Å²) in [6.45, 7) is 1.94. The lowest BCUT2D eigenvalue weighted by Crippen LogP contribution is -2.50. The van der Waals surface area contributed by atoms with Crippen LogP contribution in [0.3, 0.4) is 0 Å². The van der Waals surface area contributed by atoms with E-state index in [0.717, 1.165) is 11.3 Å². The zero-order valence-corrected chi connectivity index (χ0v) is 15.6. The molecule has 3 aromatic rings. The second-order valence-electron chi connectivity index (χ2n) is 6.56. The number of nitrogens with zero attached hydrogens (tertiary/aromatic N) is 2. The van der Waals surface area contributed by atoms with Crippen molar-refractivity contribution in [1.82, 2.24) is 14.8 Å². The molecule has 0 aliphatic carbocycles. The highest BCUT2D eigenvalue weighted by Crippen LogP contribution is 2.25. The highest BCUT2D eigenvalue weighted by molar-refractivity contribution is 5.94. The van der Waals surface area contributed by atoms with Crippen molar-refractivity contribution in [3.05, 3.63) is 66.2 Å². The van der Waals surface area contributed by atoms with Crippen molar-refractivity contribution in [3.8, 4) is 17.1 Å². The van der Waals surface area contributed by atoms with Crippen molar-refractivity contribution < 1.29 is 18.7 Å². The average molecular weight is 379 g/mol. The van der Waals surface area contributed by atoms with E-state index in [1.165, 1.54) is 0 Å². The van der Waals surface area contributed by atoms with Gasteiger partial charge in [-0.1, -0.05) is 0 Å². The van der Waals surface area contributed by atoms with E-state index in [2.05, 4.69) is 4.98 Å². The molecule has 7 nitrogen and oxygen atoms in total. The minimum atomic E-state index is -0.160. The fraction of sp³-hybridized carbons (Fsp3) is 0.238. The molecule has 0 unspecified atom stereocenters. The van der Waals surface area contributed by atoms with Crippen LogP contribution in [0.25, 0.3) is 11.3 Å². The van der Waals surface area contributed by atoms with Gasteiger partial charge in [-0.05, 0) is 48.5 Å². The number of hydrogen-bond acceptors (Lipinski definition) is 4. The number of ether oxygens (including phenoxy) is 1. The van der Waals surface area contributed by atoms with Crippen molar-refractivity contribution >= 4 is 11.8 Å². The van der Waals surface area contributed by atoms with Crippen LogP contribution in [0.2, 0.25) is 0 Å². The molecule has 1 aliphatic rings. The maximum Gasteiger partial charge on any atom is 0.289 e. The van der Waals surface area contributed by atoms with Crippen molar-refractivity contribution in [1.29, 1.82) is 0 Å². The molecule has 2 amide bonds.